The third-order valence-electron chi connectivity index (χ3n) is 2.05. The molecule has 0 radical (unpaired) electrons. The number of piperazine rings is 1. The van der Waals surface area contributed by atoms with Crippen LogP contribution in [0.2, 0.25) is 0 Å². The predicted octanol–water partition coefficient (Wildman–Crippen LogP) is -0.695. The van der Waals surface area contributed by atoms with Gasteiger partial charge in [-0.15, -0.1) is 0 Å². The number of hydrogen-bond acceptors (Lipinski definition) is 2. The van der Waals surface area contributed by atoms with Gasteiger partial charge in [-0.25, -0.2) is 0 Å². The first-order chi connectivity index (χ1) is 5.04. The zero-order valence-corrected chi connectivity index (χ0v) is 7.00. The summed E-state index contributed by atoms with van der Waals surface area (Å²) in [4.78, 5) is 25.0. The number of amides is 2. The highest BCUT2D eigenvalue weighted by molar-refractivity contribution is 6.35. The highest BCUT2D eigenvalue weighted by atomic mass is 16.2. The molecule has 0 N–H and O–H groups in total. The summed E-state index contributed by atoms with van der Waals surface area (Å²) in [6, 6.07) is 0.130. The summed E-state index contributed by atoms with van der Waals surface area (Å²) < 4.78 is 0. The second-order valence-electron chi connectivity index (χ2n) is 2.95. The normalized spacial score (nSPS) is 26.3. The molecule has 4 nitrogen and oxygen atoms in total. The molecule has 0 aromatic carbocycles. The van der Waals surface area contributed by atoms with Gasteiger partial charge in [0.25, 0.3) is 0 Å². The predicted molar refractivity (Wildman–Crippen MR) is 39.9 cm³/mol. The second-order valence-corrected chi connectivity index (χ2v) is 2.95. The Labute approximate surface area is 65.8 Å². The number of carbonyl (C=O) groups excluding carboxylic acids is 2. The molecule has 1 fully saturated rings. The summed E-state index contributed by atoms with van der Waals surface area (Å²) in [6.07, 6.45) is 0. The monoisotopic (exact) mass is 156 g/mol. The van der Waals surface area contributed by atoms with Crippen LogP contribution in [0, 0.1) is 0 Å². The van der Waals surface area contributed by atoms with Crippen molar-refractivity contribution in [3.05, 3.63) is 0 Å². The fourth-order valence-electron chi connectivity index (χ4n) is 1.12. The van der Waals surface area contributed by atoms with Gasteiger partial charge < -0.3 is 9.80 Å². The summed E-state index contributed by atoms with van der Waals surface area (Å²) in [6.45, 7) is 2.54. The largest absolute Gasteiger partial charge is 0.335 e. The van der Waals surface area contributed by atoms with E-state index < -0.39 is 11.8 Å². The molecule has 0 bridgehead atoms. The smallest absolute Gasteiger partial charge is 0.312 e. The van der Waals surface area contributed by atoms with E-state index in [4.69, 9.17) is 0 Å². The van der Waals surface area contributed by atoms with Crippen LogP contribution in [0.25, 0.3) is 0 Å². The first kappa shape index (κ1) is 8.04. The van der Waals surface area contributed by atoms with Crippen molar-refractivity contribution < 1.29 is 9.59 Å². The molecule has 2 amide bonds. The van der Waals surface area contributed by atoms with Crippen LogP contribution in [0.1, 0.15) is 6.92 Å². The molecule has 1 unspecified atom stereocenters. The van der Waals surface area contributed by atoms with E-state index in [0.29, 0.717) is 6.54 Å². The van der Waals surface area contributed by atoms with Gasteiger partial charge in [0.1, 0.15) is 0 Å². The molecule has 0 saturated carbocycles. The fourth-order valence-corrected chi connectivity index (χ4v) is 1.12. The van der Waals surface area contributed by atoms with Crippen molar-refractivity contribution in [3.8, 4) is 0 Å². The summed E-state index contributed by atoms with van der Waals surface area (Å²) in [5.41, 5.74) is 0. The molecule has 0 spiro atoms. The van der Waals surface area contributed by atoms with Crippen LogP contribution in [0.4, 0.5) is 0 Å². The molecule has 1 aliphatic rings. The summed E-state index contributed by atoms with van der Waals surface area (Å²) in [5.74, 6) is -0.822. The molecule has 1 atom stereocenters. The third kappa shape index (κ3) is 1.20. The number of carbonyl (C=O) groups is 2. The molecule has 1 saturated heterocycles. The van der Waals surface area contributed by atoms with Gasteiger partial charge in [0.05, 0.1) is 0 Å². The van der Waals surface area contributed by atoms with Gasteiger partial charge in [0, 0.05) is 26.7 Å². The van der Waals surface area contributed by atoms with E-state index in [-0.39, 0.29) is 6.04 Å². The Hall–Kier alpha value is -1.06. The van der Waals surface area contributed by atoms with Gasteiger partial charge in [-0.2, -0.15) is 0 Å². The molecule has 0 aromatic rings. The molecule has 1 rings (SSSR count). The number of rotatable bonds is 0. The van der Waals surface area contributed by atoms with Crippen molar-refractivity contribution in [2.24, 2.45) is 0 Å². The van der Waals surface area contributed by atoms with Crippen molar-refractivity contribution in [1.29, 1.82) is 0 Å². The van der Waals surface area contributed by atoms with E-state index in [1.165, 1.54) is 9.80 Å². The fraction of sp³-hybridized carbons (Fsp3) is 0.714. The zero-order chi connectivity index (χ0) is 8.59. The summed E-state index contributed by atoms with van der Waals surface area (Å²) >= 11 is 0. The molecular weight excluding hydrogens is 144 g/mol. The Morgan fingerprint density at radius 3 is 2.36 bits per heavy atom. The Morgan fingerprint density at radius 1 is 1.27 bits per heavy atom. The first-order valence-corrected chi connectivity index (χ1v) is 3.56. The number of hydrogen-bond donors (Lipinski definition) is 0. The molecule has 4 heteroatoms. The van der Waals surface area contributed by atoms with Gasteiger partial charge >= 0.3 is 11.8 Å². The quantitative estimate of drug-likeness (QED) is 0.435. The average Bonchev–Trinajstić information content (AvgIpc) is 1.97. The molecule has 0 aliphatic carbocycles. The van der Waals surface area contributed by atoms with Crippen molar-refractivity contribution in [3.63, 3.8) is 0 Å². The second kappa shape index (κ2) is 2.53. The zero-order valence-electron chi connectivity index (χ0n) is 7.00. The first-order valence-electron chi connectivity index (χ1n) is 3.56. The lowest BCUT2D eigenvalue weighted by Crippen LogP contribution is -2.55. The minimum atomic E-state index is -0.411. The molecule has 1 heterocycles. The van der Waals surface area contributed by atoms with Crippen LogP contribution in [-0.4, -0.2) is 48.3 Å². The van der Waals surface area contributed by atoms with Crippen LogP contribution in [-0.2, 0) is 9.59 Å². The number of nitrogens with zero attached hydrogens (tertiary/aromatic N) is 2. The van der Waals surface area contributed by atoms with Crippen LogP contribution >= 0.6 is 0 Å². The maximum absolute atomic E-state index is 11.1. The van der Waals surface area contributed by atoms with Gasteiger partial charge in [0.2, 0.25) is 0 Å². The molecule has 0 aromatic heterocycles. The van der Waals surface area contributed by atoms with Crippen LogP contribution in [0.15, 0.2) is 0 Å². The topological polar surface area (TPSA) is 40.6 Å². The van der Waals surface area contributed by atoms with Crippen LogP contribution < -0.4 is 0 Å². The van der Waals surface area contributed by atoms with Gasteiger partial charge in [-0.1, -0.05) is 0 Å². The lowest BCUT2D eigenvalue weighted by molar-refractivity contribution is -0.156. The average molecular weight is 156 g/mol. The Kier molecular flexibility index (Phi) is 1.85. The SMILES string of the molecule is CC1CN(C)C(=O)C(=O)N1C. The van der Waals surface area contributed by atoms with E-state index in [2.05, 4.69) is 0 Å². The summed E-state index contributed by atoms with van der Waals surface area (Å²) in [5, 5.41) is 0. The highest BCUT2D eigenvalue weighted by Crippen LogP contribution is 2.06. The molecule has 11 heavy (non-hydrogen) atoms. The molecular formula is C7H12N2O2. The van der Waals surface area contributed by atoms with Gasteiger partial charge in [-0.3, -0.25) is 9.59 Å². The van der Waals surface area contributed by atoms with E-state index in [1.54, 1.807) is 14.1 Å². The maximum Gasteiger partial charge on any atom is 0.312 e. The lowest BCUT2D eigenvalue weighted by atomic mass is 10.2. The minimum absolute atomic E-state index is 0.130. The van der Waals surface area contributed by atoms with Gasteiger partial charge in [0.15, 0.2) is 0 Å². The van der Waals surface area contributed by atoms with Crippen LogP contribution in [0.3, 0.4) is 0 Å². The lowest BCUT2D eigenvalue weighted by Gasteiger charge is -2.34. The van der Waals surface area contributed by atoms with E-state index in [0.717, 1.165) is 0 Å². The summed E-state index contributed by atoms with van der Waals surface area (Å²) in [7, 11) is 3.29. The molecule has 62 valence electrons. The number of likely N-dealkylation sites (N-methyl/N-ethyl adjacent to an activating group) is 2. The van der Waals surface area contributed by atoms with Crippen LogP contribution in [0.5, 0.6) is 0 Å². The van der Waals surface area contributed by atoms with Crippen molar-refractivity contribution >= 4 is 11.8 Å². The molecule has 1 aliphatic heterocycles. The van der Waals surface area contributed by atoms with E-state index >= 15 is 0 Å². The minimum Gasteiger partial charge on any atom is -0.335 e. The third-order valence-corrected chi connectivity index (χ3v) is 2.05. The Morgan fingerprint density at radius 2 is 1.82 bits per heavy atom. The van der Waals surface area contributed by atoms with Gasteiger partial charge in [-0.05, 0) is 6.92 Å². The van der Waals surface area contributed by atoms with E-state index in [9.17, 15) is 9.59 Å². The van der Waals surface area contributed by atoms with E-state index in [1.807, 2.05) is 6.92 Å². The highest BCUT2D eigenvalue weighted by Gasteiger charge is 2.32. The van der Waals surface area contributed by atoms with Crippen molar-refractivity contribution in [1.82, 2.24) is 9.80 Å². The maximum atomic E-state index is 11.1. The Bertz CT molecular complexity index is 203. The Balaban J connectivity index is 2.79. The van der Waals surface area contributed by atoms with Crippen molar-refractivity contribution in [2.45, 2.75) is 13.0 Å². The standard InChI is InChI=1S/C7H12N2O2/c1-5-4-8(2)6(10)7(11)9(5)3/h5H,4H2,1-3H3. The van der Waals surface area contributed by atoms with Crippen molar-refractivity contribution in [2.75, 3.05) is 20.6 Å².